The van der Waals surface area contributed by atoms with E-state index in [4.69, 9.17) is 0 Å². The van der Waals surface area contributed by atoms with Crippen molar-refractivity contribution in [1.29, 1.82) is 0 Å². The van der Waals surface area contributed by atoms with Crippen LogP contribution in [0.5, 0.6) is 0 Å². The number of rotatable bonds is 1. The quantitative estimate of drug-likeness (QED) is 0.446. The molecule has 0 atom stereocenters. The third-order valence-corrected chi connectivity index (χ3v) is 1.92. The first-order valence-electron chi connectivity index (χ1n) is 3.81. The summed E-state index contributed by atoms with van der Waals surface area (Å²) >= 11 is 0. The summed E-state index contributed by atoms with van der Waals surface area (Å²) in [5.41, 5.74) is 0. The van der Waals surface area contributed by atoms with Crippen LogP contribution < -0.4 is 34.6 Å². The second-order valence-electron chi connectivity index (χ2n) is 2.68. The molecule has 1 aromatic heterocycles. The standard InChI is InChI=1S/C8H10N2O.Na.H/c11-8-4-3-7-10(8)9-5-1-2-6-9;;/h1-2,5-6H,3-4,7H2;;/q;+1;-1. The largest absolute Gasteiger partial charge is 1.00 e. The molecule has 1 aromatic rings. The Balaban J connectivity index is 0.000000720. The van der Waals surface area contributed by atoms with Crippen LogP contribution in [0.2, 0.25) is 0 Å². The average Bonchev–Trinajstić information content (AvgIpc) is 2.55. The van der Waals surface area contributed by atoms with Crippen LogP contribution >= 0.6 is 0 Å². The van der Waals surface area contributed by atoms with Crippen molar-refractivity contribution in [3.63, 3.8) is 0 Å². The molecule has 0 aliphatic carbocycles. The van der Waals surface area contributed by atoms with E-state index in [-0.39, 0.29) is 36.9 Å². The van der Waals surface area contributed by atoms with Crippen molar-refractivity contribution in [2.45, 2.75) is 12.8 Å². The van der Waals surface area contributed by atoms with Crippen LogP contribution in [0.15, 0.2) is 24.5 Å². The van der Waals surface area contributed by atoms with Gasteiger partial charge in [-0.1, -0.05) is 0 Å². The van der Waals surface area contributed by atoms with Crippen molar-refractivity contribution in [3.8, 4) is 0 Å². The number of hydrogen-bond acceptors (Lipinski definition) is 1. The molecule has 0 saturated carbocycles. The van der Waals surface area contributed by atoms with Gasteiger partial charge < -0.3 is 1.43 Å². The topological polar surface area (TPSA) is 25.2 Å². The molecule has 60 valence electrons. The van der Waals surface area contributed by atoms with Crippen molar-refractivity contribution in [1.82, 2.24) is 4.68 Å². The molecule has 4 heteroatoms. The Bertz CT molecular complexity index is 263. The second-order valence-corrected chi connectivity index (χ2v) is 2.68. The van der Waals surface area contributed by atoms with Crippen molar-refractivity contribution >= 4 is 5.91 Å². The van der Waals surface area contributed by atoms with Gasteiger partial charge in [0, 0.05) is 25.4 Å². The SMILES string of the molecule is O=C1CCCN1n1cccc1.[H-].[Na+]. The van der Waals surface area contributed by atoms with Crippen LogP contribution in [-0.2, 0) is 4.79 Å². The van der Waals surface area contributed by atoms with Gasteiger partial charge in [-0.2, -0.15) is 0 Å². The van der Waals surface area contributed by atoms with E-state index < -0.39 is 0 Å². The molecule has 1 aliphatic heterocycles. The summed E-state index contributed by atoms with van der Waals surface area (Å²) in [6.45, 7) is 0.855. The molecule has 1 amide bonds. The third-order valence-electron chi connectivity index (χ3n) is 1.92. The number of nitrogens with zero attached hydrogens (tertiary/aromatic N) is 2. The van der Waals surface area contributed by atoms with Gasteiger partial charge in [0.1, 0.15) is 0 Å². The van der Waals surface area contributed by atoms with Crippen LogP contribution in [0, 0.1) is 0 Å². The summed E-state index contributed by atoms with van der Waals surface area (Å²) in [7, 11) is 0. The van der Waals surface area contributed by atoms with Gasteiger partial charge in [-0.05, 0) is 18.6 Å². The maximum atomic E-state index is 11.2. The zero-order chi connectivity index (χ0) is 7.68. The fraction of sp³-hybridized carbons (Fsp3) is 0.375. The molecule has 0 unspecified atom stereocenters. The Hall–Kier alpha value is -0.250. The minimum atomic E-state index is 0. The summed E-state index contributed by atoms with van der Waals surface area (Å²) in [5.74, 6) is 0.223. The molecular formula is C8H11N2NaO. The zero-order valence-electron chi connectivity index (χ0n) is 8.23. The van der Waals surface area contributed by atoms with Crippen LogP contribution in [-0.4, -0.2) is 17.1 Å². The number of carbonyl (C=O) groups excluding carboxylic acids is 1. The molecule has 0 aromatic carbocycles. The summed E-state index contributed by atoms with van der Waals surface area (Å²) < 4.78 is 1.84. The summed E-state index contributed by atoms with van der Waals surface area (Å²) in [6, 6.07) is 3.84. The van der Waals surface area contributed by atoms with Gasteiger partial charge in [0.2, 0.25) is 5.91 Å². The molecule has 2 rings (SSSR count). The molecule has 0 N–H and O–H groups in total. The van der Waals surface area contributed by atoms with Gasteiger partial charge >= 0.3 is 29.6 Å². The predicted octanol–water partition coefficient (Wildman–Crippen LogP) is -2.14. The van der Waals surface area contributed by atoms with Gasteiger partial charge in [0.05, 0.1) is 0 Å². The summed E-state index contributed by atoms with van der Waals surface area (Å²) in [4.78, 5) is 11.2. The van der Waals surface area contributed by atoms with E-state index in [0.717, 1.165) is 13.0 Å². The molecule has 0 bridgehead atoms. The smallest absolute Gasteiger partial charge is 1.00 e. The third kappa shape index (κ3) is 1.73. The first kappa shape index (κ1) is 9.84. The van der Waals surface area contributed by atoms with Gasteiger partial charge in [-0.3, -0.25) is 14.5 Å². The molecular weight excluding hydrogens is 163 g/mol. The zero-order valence-corrected chi connectivity index (χ0v) is 9.23. The first-order chi connectivity index (χ1) is 5.38. The minimum Gasteiger partial charge on any atom is -1.00 e. The molecule has 12 heavy (non-hydrogen) atoms. The fourth-order valence-electron chi connectivity index (χ4n) is 1.36. The van der Waals surface area contributed by atoms with E-state index in [2.05, 4.69) is 0 Å². The van der Waals surface area contributed by atoms with E-state index in [1.54, 1.807) is 5.01 Å². The Labute approximate surface area is 95.1 Å². The maximum Gasteiger partial charge on any atom is 1.00 e. The van der Waals surface area contributed by atoms with Crippen LogP contribution in [0.4, 0.5) is 0 Å². The Kier molecular flexibility index (Phi) is 3.38. The van der Waals surface area contributed by atoms with E-state index in [1.807, 2.05) is 29.2 Å². The molecule has 3 nitrogen and oxygen atoms in total. The first-order valence-corrected chi connectivity index (χ1v) is 3.81. The monoisotopic (exact) mass is 174 g/mol. The number of aromatic nitrogens is 1. The molecule has 0 spiro atoms. The minimum absolute atomic E-state index is 0. The fourth-order valence-corrected chi connectivity index (χ4v) is 1.36. The average molecular weight is 174 g/mol. The normalized spacial score (nSPS) is 16.3. The maximum absolute atomic E-state index is 11.2. The van der Waals surface area contributed by atoms with Crippen LogP contribution in [0.3, 0.4) is 0 Å². The number of hydrogen-bond donors (Lipinski definition) is 0. The molecule has 2 heterocycles. The molecule has 1 fully saturated rings. The van der Waals surface area contributed by atoms with Gasteiger partial charge in [-0.15, -0.1) is 0 Å². The van der Waals surface area contributed by atoms with Crippen molar-refractivity contribution < 1.29 is 35.8 Å². The van der Waals surface area contributed by atoms with E-state index in [0.29, 0.717) is 6.42 Å². The summed E-state index contributed by atoms with van der Waals surface area (Å²) in [5, 5.41) is 1.76. The predicted molar refractivity (Wildman–Crippen MR) is 42.9 cm³/mol. The summed E-state index contributed by atoms with van der Waals surface area (Å²) in [6.07, 6.45) is 5.46. The number of amides is 1. The second kappa shape index (κ2) is 4.12. The molecule has 1 saturated heterocycles. The van der Waals surface area contributed by atoms with Crippen molar-refractivity contribution in [3.05, 3.63) is 24.5 Å². The van der Waals surface area contributed by atoms with Crippen molar-refractivity contribution in [2.75, 3.05) is 11.6 Å². The van der Waals surface area contributed by atoms with E-state index in [1.165, 1.54) is 0 Å². The van der Waals surface area contributed by atoms with E-state index in [9.17, 15) is 4.79 Å². The Morgan fingerprint density at radius 1 is 1.33 bits per heavy atom. The van der Waals surface area contributed by atoms with Crippen molar-refractivity contribution in [2.24, 2.45) is 0 Å². The van der Waals surface area contributed by atoms with Gasteiger partial charge in [-0.25, -0.2) is 0 Å². The van der Waals surface area contributed by atoms with E-state index >= 15 is 0 Å². The van der Waals surface area contributed by atoms with Crippen LogP contribution in [0.1, 0.15) is 14.3 Å². The number of carbonyl (C=O) groups is 1. The van der Waals surface area contributed by atoms with Crippen LogP contribution in [0.25, 0.3) is 0 Å². The Morgan fingerprint density at radius 3 is 2.50 bits per heavy atom. The molecule has 0 radical (unpaired) electrons. The van der Waals surface area contributed by atoms with Gasteiger partial charge in [0.25, 0.3) is 0 Å². The molecule has 1 aliphatic rings. The Morgan fingerprint density at radius 2 is 2.00 bits per heavy atom. The van der Waals surface area contributed by atoms with Gasteiger partial charge in [0.15, 0.2) is 0 Å².